The van der Waals surface area contributed by atoms with Crippen molar-refractivity contribution in [2.24, 2.45) is 0 Å². The van der Waals surface area contributed by atoms with Gasteiger partial charge in [0, 0.05) is 6.61 Å². The van der Waals surface area contributed by atoms with E-state index >= 15 is 0 Å². The molecule has 0 rings (SSSR count). The van der Waals surface area contributed by atoms with Gasteiger partial charge in [-0.05, 0) is 13.8 Å². The van der Waals surface area contributed by atoms with E-state index < -0.39 is 5.97 Å². The van der Waals surface area contributed by atoms with Crippen molar-refractivity contribution in [3.8, 4) is 0 Å². The molecule has 0 unspecified atom stereocenters. The maximum absolute atomic E-state index is 10.7. The van der Waals surface area contributed by atoms with Crippen molar-refractivity contribution in [3.63, 3.8) is 0 Å². The first kappa shape index (κ1) is 11.0. The quantitative estimate of drug-likeness (QED) is 0.384. The van der Waals surface area contributed by atoms with Crippen LogP contribution in [0.4, 0.5) is 0 Å². The SMILES string of the molecule is CCOC/C(O)=C/C(=O)OCC. The second-order valence-corrected chi connectivity index (χ2v) is 2.02. The monoisotopic (exact) mass is 174 g/mol. The predicted molar refractivity (Wildman–Crippen MR) is 43.8 cm³/mol. The highest BCUT2D eigenvalue weighted by Crippen LogP contribution is 1.91. The molecule has 0 amide bonds. The van der Waals surface area contributed by atoms with Gasteiger partial charge >= 0.3 is 5.97 Å². The Hall–Kier alpha value is -1.03. The zero-order valence-electron chi connectivity index (χ0n) is 7.37. The summed E-state index contributed by atoms with van der Waals surface area (Å²) < 4.78 is 9.41. The fraction of sp³-hybridized carbons (Fsp3) is 0.625. The lowest BCUT2D eigenvalue weighted by Crippen LogP contribution is -2.04. The maximum Gasteiger partial charge on any atom is 0.334 e. The van der Waals surface area contributed by atoms with E-state index in [-0.39, 0.29) is 12.4 Å². The number of esters is 1. The zero-order chi connectivity index (χ0) is 9.40. The summed E-state index contributed by atoms with van der Waals surface area (Å²) in [4.78, 5) is 10.7. The number of hydrogen-bond acceptors (Lipinski definition) is 4. The lowest BCUT2D eigenvalue weighted by atomic mass is 10.4. The van der Waals surface area contributed by atoms with Gasteiger partial charge in [-0.3, -0.25) is 0 Å². The molecule has 1 N–H and O–H groups in total. The molecule has 4 nitrogen and oxygen atoms in total. The van der Waals surface area contributed by atoms with Crippen LogP contribution in [0.15, 0.2) is 11.8 Å². The molecular formula is C8H14O4. The molecule has 0 aromatic rings. The first-order chi connectivity index (χ1) is 5.70. The van der Waals surface area contributed by atoms with Gasteiger partial charge in [0.15, 0.2) is 0 Å². The molecule has 0 aromatic carbocycles. The van der Waals surface area contributed by atoms with Gasteiger partial charge in [0.25, 0.3) is 0 Å². The van der Waals surface area contributed by atoms with Crippen LogP contribution in [-0.2, 0) is 14.3 Å². The molecule has 0 atom stereocenters. The predicted octanol–water partition coefficient (Wildman–Crippen LogP) is 1.03. The van der Waals surface area contributed by atoms with Crippen LogP contribution >= 0.6 is 0 Å². The van der Waals surface area contributed by atoms with Crippen molar-refractivity contribution < 1.29 is 19.4 Å². The van der Waals surface area contributed by atoms with Crippen LogP contribution in [0, 0.1) is 0 Å². The van der Waals surface area contributed by atoms with Crippen molar-refractivity contribution in [2.45, 2.75) is 13.8 Å². The summed E-state index contributed by atoms with van der Waals surface area (Å²) in [5.74, 6) is -0.662. The number of carbonyl (C=O) groups excluding carboxylic acids is 1. The minimum Gasteiger partial charge on any atom is -0.510 e. The normalized spacial score (nSPS) is 11.3. The Bertz CT molecular complexity index is 162. The second-order valence-electron chi connectivity index (χ2n) is 2.02. The highest BCUT2D eigenvalue weighted by Gasteiger charge is 1.99. The van der Waals surface area contributed by atoms with Gasteiger partial charge in [-0.1, -0.05) is 0 Å². The third-order valence-electron chi connectivity index (χ3n) is 1.03. The van der Waals surface area contributed by atoms with Gasteiger partial charge in [-0.2, -0.15) is 0 Å². The van der Waals surface area contributed by atoms with Crippen molar-refractivity contribution in [1.82, 2.24) is 0 Å². The summed E-state index contributed by atoms with van der Waals surface area (Å²) in [5, 5.41) is 9.01. The molecule has 12 heavy (non-hydrogen) atoms. The Balaban J connectivity index is 3.72. The van der Waals surface area contributed by atoms with E-state index in [0.717, 1.165) is 6.08 Å². The van der Waals surface area contributed by atoms with E-state index in [4.69, 9.17) is 9.84 Å². The van der Waals surface area contributed by atoms with Gasteiger partial charge in [0.1, 0.15) is 12.4 Å². The molecule has 70 valence electrons. The van der Waals surface area contributed by atoms with Crippen LogP contribution in [0.3, 0.4) is 0 Å². The van der Waals surface area contributed by atoms with Crippen molar-refractivity contribution in [3.05, 3.63) is 11.8 Å². The van der Waals surface area contributed by atoms with E-state index in [1.807, 2.05) is 0 Å². The van der Waals surface area contributed by atoms with Gasteiger partial charge < -0.3 is 14.6 Å². The smallest absolute Gasteiger partial charge is 0.334 e. The molecule has 0 fully saturated rings. The summed E-state index contributed by atoms with van der Waals surface area (Å²) in [6.07, 6.45) is 1.01. The standard InChI is InChI=1S/C8H14O4/c1-3-11-6-7(9)5-8(10)12-4-2/h5,9H,3-4,6H2,1-2H3/b7-5-. The van der Waals surface area contributed by atoms with Gasteiger partial charge in [0.05, 0.1) is 12.7 Å². The molecule has 0 radical (unpaired) electrons. The summed E-state index contributed by atoms with van der Waals surface area (Å²) in [7, 11) is 0. The Morgan fingerprint density at radius 3 is 2.58 bits per heavy atom. The summed E-state index contributed by atoms with van der Waals surface area (Å²) in [5.41, 5.74) is 0. The Morgan fingerprint density at radius 2 is 2.08 bits per heavy atom. The molecule has 0 aliphatic heterocycles. The molecule has 0 heterocycles. The maximum atomic E-state index is 10.7. The molecule has 0 spiro atoms. The molecule has 0 aliphatic carbocycles. The van der Waals surface area contributed by atoms with Crippen LogP contribution in [0.25, 0.3) is 0 Å². The number of aliphatic hydroxyl groups excluding tert-OH is 1. The Kier molecular flexibility index (Phi) is 6.09. The van der Waals surface area contributed by atoms with Gasteiger partial charge in [-0.15, -0.1) is 0 Å². The lowest BCUT2D eigenvalue weighted by molar-refractivity contribution is -0.137. The summed E-state index contributed by atoms with van der Waals surface area (Å²) >= 11 is 0. The number of hydrogen-bond donors (Lipinski definition) is 1. The van der Waals surface area contributed by atoms with Crippen LogP contribution in [0.2, 0.25) is 0 Å². The fourth-order valence-corrected chi connectivity index (χ4v) is 0.568. The summed E-state index contributed by atoms with van der Waals surface area (Å²) in [6.45, 7) is 4.36. The summed E-state index contributed by atoms with van der Waals surface area (Å²) in [6, 6.07) is 0. The Morgan fingerprint density at radius 1 is 1.42 bits per heavy atom. The van der Waals surface area contributed by atoms with Crippen molar-refractivity contribution in [1.29, 1.82) is 0 Å². The van der Waals surface area contributed by atoms with Crippen LogP contribution in [0.1, 0.15) is 13.8 Å². The minimum atomic E-state index is -0.547. The van der Waals surface area contributed by atoms with Crippen LogP contribution in [0.5, 0.6) is 0 Å². The molecule has 0 aromatic heterocycles. The first-order valence-electron chi connectivity index (χ1n) is 3.84. The second kappa shape index (κ2) is 6.67. The highest BCUT2D eigenvalue weighted by molar-refractivity contribution is 5.82. The van der Waals surface area contributed by atoms with E-state index in [1.165, 1.54) is 0 Å². The molecule has 0 saturated heterocycles. The first-order valence-corrected chi connectivity index (χ1v) is 3.84. The van der Waals surface area contributed by atoms with E-state index in [2.05, 4.69) is 4.74 Å². The lowest BCUT2D eigenvalue weighted by Gasteiger charge is -1.99. The third kappa shape index (κ3) is 5.73. The number of carbonyl (C=O) groups is 1. The number of aliphatic hydroxyl groups is 1. The van der Waals surface area contributed by atoms with Gasteiger partial charge in [0.2, 0.25) is 0 Å². The number of ether oxygens (including phenoxy) is 2. The molecular weight excluding hydrogens is 160 g/mol. The highest BCUT2D eigenvalue weighted by atomic mass is 16.5. The van der Waals surface area contributed by atoms with E-state index in [9.17, 15) is 4.79 Å². The Labute approximate surface area is 71.8 Å². The molecule has 0 aliphatic rings. The molecule has 0 bridgehead atoms. The largest absolute Gasteiger partial charge is 0.510 e. The third-order valence-corrected chi connectivity index (χ3v) is 1.03. The van der Waals surface area contributed by atoms with E-state index in [0.29, 0.717) is 13.2 Å². The zero-order valence-corrected chi connectivity index (χ0v) is 7.37. The minimum absolute atomic E-state index is 0.0509. The average molecular weight is 174 g/mol. The molecule has 4 heteroatoms. The number of rotatable bonds is 5. The van der Waals surface area contributed by atoms with Crippen molar-refractivity contribution in [2.75, 3.05) is 19.8 Å². The van der Waals surface area contributed by atoms with Crippen LogP contribution < -0.4 is 0 Å². The van der Waals surface area contributed by atoms with Crippen molar-refractivity contribution >= 4 is 5.97 Å². The van der Waals surface area contributed by atoms with Crippen LogP contribution in [-0.4, -0.2) is 30.9 Å². The molecule has 0 saturated carbocycles. The average Bonchev–Trinajstić information content (AvgIpc) is 2.01. The van der Waals surface area contributed by atoms with Gasteiger partial charge in [-0.25, -0.2) is 4.79 Å². The van der Waals surface area contributed by atoms with E-state index in [1.54, 1.807) is 13.8 Å². The topological polar surface area (TPSA) is 55.8 Å². The fourth-order valence-electron chi connectivity index (χ4n) is 0.568.